The van der Waals surface area contributed by atoms with Gasteiger partial charge in [-0.3, -0.25) is 0 Å². The Morgan fingerprint density at radius 3 is 2.84 bits per heavy atom. The van der Waals surface area contributed by atoms with Crippen LogP contribution in [0.25, 0.3) is 26.0 Å². The molecular formula is C22H25N5O3S2. The van der Waals surface area contributed by atoms with Gasteiger partial charge in [0.2, 0.25) is 0 Å². The number of anilines is 1. The van der Waals surface area contributed by atoms with Gasteiger partial charge in [0, 0.05) is 30.1 Å². The second-order valence-corrected chi connectivity index (χ2v) is 11.4. The van der Waals surface area contributed by atoms with Crippen LogP contribution < -0.4 is 15.4 Å². The molecule has 168 valence electrons. The number of methoxy groups -OCH3 is 1. The highest BCUT2D eigenvalue weighted by Crippen LogP contribution is 2.42. The second kappa shape index (κ2) is 8.02. The number of sulfone groups is 1. The van der Waals surface area contributed by atoms with Crippen LogP contribution in [0.3, 0.4) is 0 Å². The van der Waals surface area contributed by atoms with Crippen LogP contribution in [-0.2, 0) is 16.4 Å². The number of nitrogens with zero attached hydrogens (tertiary/aromatic N) is 3. The average Bonchev–Trinajstić information content (AvgIpc) is 3.45. The van der Waals surface area contributed by atoms with E-state index in [-0.39, 0.29) is 17.5 Å². The lowest BCUT2D eigenvalue weighted by molar-refractivity contribution is 0.420. The lowest BCUT2D eigenvalue weighted by atomic mass is 10.1. The van der Waals surface area contributed by atoms with Crippen molar-refractivity contribution < 1.29 is 13.2 Å². The van der Waals surface area contributed by atoms with Crippen LogP contribution in [0, 0.1) is 6.92 Å². The Morgan fingerprint density at radius 1 is 1.28 bits per heavy atom. The summed E-state index contributed by atoms with van der Waals surface area (Å²) in [6, 6.07) is 8.47. The molecule has 4 heterocycles. The van der Waals surface area contributed by atoms with Crippen molar-refractivity contribution in [3.8, 4) is 16.2 Å². The second-order valence-electron chi connectivity index (χ2n) is 8.15. The van der Waals surface area contributed by atoms with Crippen LogP contribution >= 0.6 is 11.3 Å². The first-order chi connectivity index (χ1) is 15.4. The highest BCUT2D eigenvalue weighted by molar-refractivity contribution is 7.91. The average molecular weight is 472 g/mol. The van der Waals surface area contributed by atoms with Gasteiger partial charge in [0.25, 0.3) is 0 Å². The Bertz CT molecular complexity index is 1420. The third kappa shape index (κ3) is 3.72. The molecule has 1 fully saturated rings. The predicted octanol–water partition coefficient (Wildman–Crippen LogP) is 3.25. The molecule has 1 aliphatic heterocycles. The normalized spacial score (nSPS) is 17.9. The fourth-order valence-electron chi connectivity index (χ4n) is 4.36. The van der Waals surface area contributed by atoms with Crippen LogP contribution in [-0.4, -0.2) is 54.7 Å². The molecule has 1 aromatic carbocycles. The van der Waals surface area contributed by atoms with Crippen molar-refractivity contribution in [1.82, 2.24) is 19.9 Å². The van der Waals surface area contributed by atoms with Crippen molar-refractivity contribution in [1.29, 1.82) is 0 Å². The molecule has 1 unspecified atom stereocenters. The number of thiophene rings is 1. The third-order valence-electron chi connectivity index (χ3n) is 5.88. The zero-order valence-electron chi connectivity index (χ0n) is 18.2. The molecule has 3 aromatic heterocycles. The first-order valence-electron chi connectivity index (χ1n) is 10.4. The Kier molecular flexibility index (Phi) is 5.31. The van der Waals surface area contributed by atoms with Gasteiger partial charge in [-0.05, 0) is 42.5 Å². The summed E-state index contributed by atoms with van der Waals surface area (Å²) in [5, 5.41) is 12.2. The molecule has 0 spiro atoms. The summed E-state index contributed by atoms with van der Waals surface area (Å²) in [7, 11) is 0.610. The molecule has 8 nitrogen and oxygen atoms in total. The van der Waals surface area contributed by atoms with Gasteiger partial charge >= 0.3 is 0 Å². The number of aromatic nitrogens is 3. The highest BCUT2D eigenvalue weighted by Gasteiger charge is 2.28. The smallest absolute Gasteiger partial charge is 0.154 e. The first-order valence-corrected chi connectivity index (χ1v) is 13.1. The Hall–Kier alpha value is -2.69. The van der Waals surface area contributed by atoms with Crippen molar-refractivity contribution in [3.05, 3.63) is 41.9 Å². The van der Waals surface area contributed by atoms with E-state index >= 15 is 0 Å². The van der Waals surface area contributed by atoms with Crippen molar-refractivity contribution in [2.75, 3.05) is 31.0 Å². The molecule has 1 atom stereocenters. The van der Waals surface area contributed by atoms with E-state index in [9.17, 15) is 8.42 Å². The van der Waals surface area contributed by atoms with Crippen LogP contribution in [0.1, 0.15) is 17.7 Å². The number of hydrogen-bond acceptors (Lipinski definition) is 8. The summed E-state index contributed by atoms with van der Waals surface area (Å²) in [4.78, 5) is 5.52. The molecule has 0 amide bonds. The zero-order chi connectivity index (χ0) is 22.5. The Balaban J connectivity index is 1.59. The van der Waals surface area contributed by atoms with Crippen LogP contribution in [0.5, 0.6) is 5.75 Å². The SMILES string of the molecule is CNc1ncnn2c(CNC3CCS(=O)(=O)C3)cc(-c3cc4cc(C)cc(OC)c4s3)c12. The van der Waals surface area contributed by atoms with Crippen molar-refractivity contribution >= 4 is 42.6 Å². The zero-order valence-corrected chi connectivity index (χ0v) is 19.8. The van der Waals surface area contributed by atoms with E-state index in [0.29, 0.717) is 13.0 Å². The van der Waals surface area contributed by atoms with Crippen LogP contribution in [0.4, 0.5) is 5.82 Å². The number of rotatable bonds is 6. The van der Waals surface area contributed by atoms with E-state index in [1.54, 1.807) is 18.4 Å². The fraction of sp³-hybridized carbons (Fsp3) is 0.364. The Morgan fingerprint density at radius 2 is 2.12 bits per heavy atom. The quantitative estimate of drug-likeness (QED) is 0.445. The van der Waals surface area contributed by atoms with Gasteiger partial charge in [-0.2, -0.15) is 5.10 Å². The summed E-state index contributed by atoms with van der Waals surface area (Å²) >= 11 is 1.68. The maximum atomic E-state index is 11.8. The number of fused-ring (bicyclic) bond motifs is 2. The van der Waals surface area contributed by atoms with Crippen molar-refractivity contribution in [3.63, 3.8) is 0 Å². The van der Waals surface area contributed by atoms with Gasteiger partial charge in [0.05, 0.1) is 29.0 Å². The van der Waals surface area contributed by atoms with E-state index in [1.807, 2.05) is 17.6 Å². The number of hydrogen-bond donors (Lipinski definition) is 2. The van der Waals surface area contributed by atoms with E-state index in [1.165, 1.54) is 6.33 Å². The van der Waals surface area contributed by atoms with Gasteiger partial charge in [-0.1, -0.05) is 6.07 Å². The van der Waals surface area contributed by atoms with E-state index in [4.69, 9.17) is 4.74 Å². The molecule has 1 saturated heterocycles. The lowest BCUT2D eigenvalue weighted by Gasteiger charge is -2.10. The number of nitrogens with one attached hydrogen (secondary N) is 2. The van der Waals surface area contributed by atoms with Gasteiger partial charge in [-0.25, -0.2) is 17.9 Å². The van der Waals surface area contributed by atoms with E-state index in [2.05, 4.69) is 45.8 Å². The van der Waals surface area contributed by atoms with Crippen molar-refractivity contribution in [2.24, 2.45) is 0 Å². The molecule has 5 rings (SSSR count). The minimum Gasteiger partial charge on any atom is -0.495 e. The van der Waals surface area contributed by atoms with Crippen LogP contribution in [0.15, 0.2) is 30.6 Å². The van der Waals surface area contributed by atoms with E-state index < -0.39 is 9.84 Å². The lowest BCUT2D eigenvalue weighted by Crippen LogP contribution is -2.30. The van der Waals surface area contributed by atoms with Gasteiger partial charge < -0.3 is 15.4 Å². The standard InChI is InChI=1S/C22H25N5O3S2/c1-13-6-14-8-19(31-21(14)18(7-13)30-3)17-9-16(10-24-15-4-5-32(28,29)11-15)27-20(17)22(23-2)25-12-26-27/h6-9,12,15,24H,4-5,10-11H2,1-3H3,(H,23,25,26). The number of ether oxygens (including phenoxy) is 1. The summed E-state index contributed by atoms with van der Waals surface area (Å²) < 4.78 is 32.2. The molecule has 0 aliphatic carbocycles. The minimum absolute atomic E-state index is 0.0313. The monoisotopic (exact) mass is 471 g/mol. The Labute approximate surface area is 190 Å². The molecule has 10 heteroatoms. The molecule has 1 aliphatic rings. The molecule has 0 bridgehead atoms. The molecule has 0 radical (unpaired) electrons. The molecule has 0 saturated carbocycles. The third-order valence-corrected chi connectivity index (χ3v) is 8.85. The summed E-state index contributed by atoms with van der Waals surface area (Å²) in [6.07, 6.45) is 2.17. The van der Waals surface area contributed by atoms with Gasteiger partial charge in [0.15, 0.2) is 15.7 Å². The molecule has 32 heavy (non-hydrogen) atoms. The molecular weight excluding hydrogens is 446 g/mol. The first kappa shape index (κ1) is 21.2. The van der Waals surface area contributed by atoms with Gasteiger partial charge in [0.1, 0.15) is 17.6 Å². The van der Waals surface area contributed by atoms with Crippen LogP contribution in [0.2, 0.25) is 0 Å². The summed E-state index contributed by atoms with van der Waals surface area (Å²) in [5.74, 6) is 2.05. The minimum atomic E-state index is -2.93. The summed E-state index contributed by atoms with van der Waals surface area (Å²) in [6.45, 7) is 2.59. The van der Waals surface area contributed by atoms with E-state index in [0.717, 1.165) is 48.9 Å². The molecule has 4 aromatic rings. The fourth-order valence-corrected chi connectivity index (χ4v) is 7.22. The maximum absolute atomic E-state index is 11.8. The molecule has 2 N–H and O–H groups in total. The van der Waals surface area contributed by atoms with Crippen molar-refractivity contribution in [2.45, 2.75) is 25.9 Å². The highest BCUT2D eigenvalue weighted by atomic mass is 32.2. The maximum Gasteiger partial charge on any atom is 0.154 e. The largest absolute Gasteiger partial charge is 0.495 e. The summed E-state index contributed by atoms with van der Waals surface area (Å²) in [5.41, 5.74) is 4.04. The van der Waals surface area contributed by atoms with Gasteiger partial charge in [-0.15, -0.1) is 11.3 Å². The topological polar surface area (TPSA) is 97.6 Å². The predicted molar refractivity (Wildman–Crippen MR) is 129 cm³/mol. The number of benzene rings is 1. The number of aryl methyl sites for hydroxylation is 1.